The van der Waals surface area contributed by atoms with E-state index in [2.05, 4.69) is 15.2 Å². The molecule has 3 aromatic rings. The van der Waals surface area contributed by atoms with Gasteiger partial charge in [-0.25, -0.2) is 9.78 Å². The largest absolute Gasteiger partial charge is 0.418 e. The molecule has 1 aliphatic rings. The average molecular weight is 441 g/mol. The predicted octanol–water partition coefficient (Wildman–Crippen LogP) is 5.32. The molecule has 2 heterocycles. The number of thiazole rings is 1. The number of fused-ring (bicyclic) bond motifs is 1. The van der Waals surface area contributed by atoms with Crippen molar-refractivity contribution in [3.05, 3.63) is 53.1 Å². The zero-order valence-corrected chi connectivity index (χ0v) is 16.6. The van der Waals surface area contributed by atoms with Gasteiger partial charge in [-0.3, -0.25) is 0 Å². The van der Waals surface area contributed by atoms with Gasteiger partial charge in [0.2, 0.25) is 0 Å². The second kappa shape index (κ2) is 7.72. The van der Waals surface area contributed by atoms with E-state index in [-0.39, 0.29) is 5.69 Å². The van der Waals surface area contributed by atoms with Crippen molar-refractivity contribution >= 4 is 50.0 Å². The summed E-state index contributed by atoms with van der Waals surface area (Å²) in [5.41, 5.74) is -0.242. The smallest absolute Gasteiger partial charge is 0.345 e. The van der Waals surface area contributed by atoms with Crippen molar-refractivity contribution in [2.75, 3.05) is 36.4 Å². The first kappa shape index (κ1) is 19.8. The highest BCUT2D eigenvalue weighted by Gasteiger charge is 2.34. The second-order valence-corrected chi connectivity index (χ2v) is 8.00. The number of nitrogens with one attached hydrogen (secondary N) is 1. The van der Waals surface area contributed by atoms with Crippen LogP contribution in [0.5, 0.6) is 0 Å². The number of amides is 2. The molecular formula is C19H16ClF3N4OS. The molecule has 0 unspecified atom stereocenters. The zero-order valence-electron chi connectivity index (χ0n) is 15.0. The number of benzene rings is 2. The number of para-hydroxylation sites is 1. The minimum Gasteiger partial charge on any atom is -0.345 e. The van der Waals surface area contributed by atoms with Crippen molar-refractivity contribution in [2.45, 2.75) is 6.18 Å². The molecule has 5 nitrogen and oxygen atoms in total. The Hall–Kier alpha value is -2.52. The lowest BCUT2D eigenvalue weighted by Crippen LogP contribution is -2.50. The maximum atomic E-state index is 13.1. The number of piperazine rings is 1. The number of carbonyl (C=O) groups excluding carboxylic acids is 1. The van der Waals surface area contributed by atoms with Gasteiger partial charge in [0.1, 0.15) is 0 Å². The number of hydrogen-bond acceptors (Lipinski definition) is 4. The molecular weight excluding hydrogens is 425 g/mol. The topological polar surface area (TPSA) is 48.5 Å². The molecule has 1 saturated heterocycles. The first-order valence-corrected chi connectivity index (χ1v) is 10.0. The highest BCUT2D eigenvalue weighted by Crippen LogP contribution is 2.35. The molecule has 0 spiro atoms. The predicted molar refractivity (Wildman–Crippen MR) is 109 cm³/mol. The van der Waals surface area contributed by atoms with Crippen molar-refractivity contribution in [1.29, 1.82) is 0 Å². The Labute approximate surface area is 173 Å². The fraction of sp³-hybridized carbons (Fsp3) is 0.263. The van der Waals surface area contributed by atoms with Crippen LogP contribution in [0.3, 0.4) is 0 Å². The van der Waals surface area contributed by atoms with E-state index >= 15 is 0 Å². The van der Waals surface area contributed by atoms with Crippen LogP contribution in [0.15, 0.2) is 42.5 Å². The van der Waals surface area contributed by atoms with Crippen LogP contribution in [-0.4, -0.2) is 42.1 Å². The molecule has 0 atom stereocenters. The van der Waals surface area contributed by atoms with Gasteiger partial charge in [0.05, 0.1) is 21.5 Å². The summed E-state index contributed by atoms with van der Waals surface area (Å²) in [6, 6.07) is 9.92. The third-order valence-corrected chi connectivity index (χ3v) is 5.96. The Bertz CT molecular complexity index is 1050. The molecule has 1 fully saturated rings. The molecule has 29 heavy (non-hydrogen) atoms. The van der Waals surface area contributed by atoms with Crippen LogP contribution in [-0.2, 0) is 6.18 Å². The first-order valence-electron chi connectivity index (χ1n) is 8.84. The summed E-state index contributed by atoms with van der Waals surface area (Å²) in [6.07, 6.45) is -4.53. The SMILES string of the molecule is O=C(Nc1ccccc1C(F)(F)F)N1CCN(c2nc3ccc(Cl)cc3s2)CC1. The molecule has 1 aliphatic heterocycles. The Morgan fingerprint density at radius 3 is 2.55 bits per heavy atom. The standard InChI is InChI=1S/C19H16ClF3N4OS/c20-12-5-6-15-16(11-12)29-18(25-15)27-9-7-26(8-10-27)17(28)24-14-4-2-1-3-13(14)19(21,22)23/h1-6,11H,7-10H2,(H,24,28). The Morgan fingerprint density at radius 1 is 1.10 bits per heavy atom. The lowest BCUT2D eigenvalue weighted by Gasteiger charge is -2.34. The van der Waals surface area contributed by atoms with Crippen molar-refractivity contribution in [3.63, 3.8) is 0 Å². The minimum absolute atomic E-state index is 0.240. The van der Waals surface area contributed by atoms with Crippen molar-refractivity contribution in [2.24, 2.45) is 0 Å². The first-order chi connectivity index (χ1) is 13.8. The average Bonchev–Trinajstić information content (AvgIpc) is 3.11. The molecule has 4 rings (SSSR count). The Kier molecular flexibility index (Phi) is 5.26. The Balaban J connectivity index is 1.41. The van der Waals surface area contributed by atoms with Crippen LogP contribution in [0.2, 0.25) is 5.02 Å². The lowest BCUT2D eigenvalue weighted by atomic mass is 10.1. The van der Waals surface area contributed by atoms with E-state index in [4.69, 9.17) is 11.6 Å². The van der Waals surface area contributed by atoms with Crippen LogP contribution in [0.25, 0.3) is 10.2 Å². The number of aromatic nitrogens is 1. The molecule has 152 valence electrons. The highest BCUT2D eigenvalue weighted by atomic mass is 35.5. The van der Waals surface area contributed by atoms with E-state index in [0.29, 0.717) is 31.2 Å². The van der Waals surface area contributed by atoms with Gasteiger partial charge in [-0.1, -0.05) is 35.1 Å². The number of alkyl halides is 3. The summed E-state index contributed by atoms with van der Waals surface area (Å²) in [4.78, 5) is 20.6. The molecule has 1 aromatic heterocycles. The molecule has 0 radical (unpaired) electrons. The number of rotatable bonds is 2. The van der Waals surface area contributed by atoms with Crippen LogP contribution in [0, 0.1) is 0 Å². The van der Waals surface area contributed by atoms with Crippen LogP contribution in [0.4, 0.5) is 28.8 Å². The van der Waals surface area contributed by atoms with Crippen LogP contribution < -0.4 is 10.2 Å². The van der Waals surface area contributed by atoms with Crippen LogP contribution >= 0.6 is 22.9 Å². The van der Waals surface area contributed by atoms with E-state index in [1.807, 2.05) is 12.1 Å². The van der Waals surface area contributed by atoms with E-state index in [0.717, 1.165) is 21.4 Å². The summed E-state index contributed by atoms with van der Waals surface area (Å²) in [7, 11) is 0. The number of hydrogen-bond donors (Lipinski definition) is 1. The number of urea groups is 1. The van der Waals surface area contributed by atoms with E-state index < -0.39 is 17.8 Å². The number of nitrogens with zero attached hydrogens (tertiary/aromatic N) is 3. The number of halogens is 4. The number of carbonyl (C=O) groups is 1. The lowest BCUT2D eigenvalue weighted by molar-refractivity contribution is -0.136. The van der Waals surface area contributed by atoms with Crippen molar-refractivity contribution in [3.8, 4) is 0 Å². The monoisotopic (exact) mass is 440 g/mol. The molecule has 2 aromatic carbocycles. The van der Waals surface area contributed by atoms with Gasteiger partial charge < -0.3 is 15.1 Å². The summed E-state index contributed by atoms with van der Waals surface area (Å²) < 4.78 is 40.3. The minimum atomic E-state index is -4.53. The molecule has 0 bridgehead atoms. The summed E-state index contributed by atoms with van der Waals surface area (Å²) in [6.45, 7) is 1.86. The normalized spacial score (nSPS) is 15.0. The van der Waals surface area contributed by atoms with E-state index in [9.17, 15) is 18.0 Å². The molecule has 2 amide bonds. The maximum Gasteiger partial charge on any atom is 0.418 e. The molecule has 1 N–H and O–H groups in total. The van der Waals surface area contributed by atoms with Gasteiger partial charge in [-0.05, 0) is 30.3 Å². The van der Waals surface area contributed by atoms with Gasteiger partial charge in [0.15, 0.2) is 5.13 Å². The van der Waals surface area contributed by atoms with Gasteiger partial charge in [0.25, 0.3) is 0 Å². The van der Waals surface area contributed by atoms with Gasteiger partial charge in [0, 0.05) is 31.2 Å². The van der Waals surface area contributed by atoms with Crippen molar-refractivity contribution < 1.29 is 18.0 Å². The highest BCUT2D eigenvalue weighted by molar-refractivity contribution is 7.22. The molecule has 10 heteroatoms. The summed E-state index contributed by atoms with van der Waals surface area (Å²) >= 11 is 7.54. The third-order valence-electron chi connectivity index (χ3n) is 4.65. The van der Waals surface area contributed by atoms with E-state index in [1.165, 1.54) is 34.4 Å². The van der Waals surface area contributed by atoms with Crippen LogP contribution in [0.1, 0.15) is 5.56 Å². The number of anilines is 2. The quantitative estimate of drug-likeness (QED) is 0.586. The molecule has 0 aliphatic carbocycles. The zero-order chi connectivity index (χ0) is 20.6. The summed E-state index contributed by atoms with van der Waals surface area (Å²) in [5, 5.41) is 3.87. The van der Waals surface area contributed by atoms with Gasteiger partial charge in [-0.15, -0.1) is 0 Å². The van der Waals surface area contributed by atoms with Gasteiger partial charge in [-0.2, -0.15) is 13.2 Å². The third kappa shape index (κ3) is 4.25. The molecule has 0 saturated carbocycles. The summed E-state index contributed by atoms with van der Waals surface area (Å²) in [5.74, 6) is 0. The maximum absolute atomic E-state index is 13.1. The fourth-order valence-corrected chi connectivity index (χ4v) is 4.45. The fourth-order valence-electron chi connectivity index (χ4n) is 3.16. The second-order valence-electron chi connectivity index (χ2n) is 6.56. The Morgan fingerprint density at radius 2 is 1.83 bits per heavy atom. The van der Waals surface area contributed by atoms with E-state index in [1.54, 1.807) is 6.07 Å². The van der Waals surface area contributed by atoms with Crippen molar-refractivity contribution in [1.82, 2.24) is 9.88 Å². The van der Waals surface area contributed by atoms with Gasteiger partial charge >= 0.3 is 12.2 Å².